The number of rotatable bonds is 8. The minimum Gasteiger partial charge on any atom is -0.355 e. The van der Waals surface area contributed by atoms with Gasteiger partial charge in [0.25, 0.3) is 0 Å². The Morgan fingerprint density at radius 2 is 1.35 bits per heavy atom. The maximum absolute atomic E-state index is 12.1. The zero-order chi connectivity index (χ0) is 19.2. The summed E-state index contributed by atoms with van der Waals surface area (Å²) in [6.45, 7) is -0.102. The molecule has 26 heavy (non-hydrogen) atoms. The standard InChI is InChI=1S/C17H18ClNO5S2/c18-14-6-8-16(9-7-14)26(23,24)13-11-19-17(20)10-12-25(21,22)15-4-2-1-3-5-15/h1-9H,10-13H2,(H,19,20). The van der Waals surface area contributed by atoms with Gasteiger partial charge in [0.2, 0.25) is 5.91 Å². The Labute approximate surface area is 158 Å². The van der Waals surface area contributed by atoms with Gasteiger partial charge in [0.1, 0.15) is 0 Å². The van der Waals surface area contributed by atoms with E-state index in [9.17, 15) is 21.6 Å². The largest absolute Gasteiger partial charge is 0.355 e. The van der Waals surface area contributed by atoms with Gasteiger partial charge in [-0.3, -0.25) is 4.79 Å². The first-order valence-corrected chi connectivity index (χ1v) is 11.4. The van der Waals surface area contributed by atoms with Crippen molar-refractivity contribution < 1.29 is 21.6 Å². The predicted octanol–water partition coefficient (Wildman–Crippen LogP) is 2.09. The zero-order valence-corrected chi connectivity index (χ0v) is 16.1. The van der Waals surface area contributed by atoms with Gasteiger partial charge in [-0.2, -0.15) is 0 Å². The van der Waals surface area contributed by atoms with Gasteiger partial charge >= 0.3 is 0 Å². The molecule has 0 atom stereocenters. The van der Waals surface area contributed by atoms with Crippen LogP contribution in [0.4, 0.5) is 0 Å². The van der Waals surface area contributed by atoms with Gasteiger partial charge in [0, 0.05) is 18.0 Å². The molecule has 0 radical (unpaired) electrons. The van der Waals surface area contributed by atoms with Crippen LogP contribution in [-0.4, -0.2) is 40.8 Å². The van der Waals surface area contributed by atoms with Crippen molar-refractivity contribution in [2.45, 2.75) is 16.2 Å². The number of hydrogen-bond acceptors (Lipinski definition) is 5. The summed E-state index contributed by atoms with van der Waals surface area (Å²) in [6.07, 6.45) is -0.238. The van der Waals surface area contributed by atoms with Crippen molar-refractivity contribution in [3.8, 4) is 0 Å². The molecule has 0 aliphatic carbocycles. The quantitative estimate of drug-likeness (QED) is 0.711. The Hall–Kier alpha value is -1.90. The highest BCUT2D eigenvalue weighted by molar-refractivity contribution is 7.91. The first-order valence-electron chi connectivity index (χ1n) is 7.73. The number of amides is 1. The second-order valence-electron chi connectivity index (χ2n) is 5.50. The molecule has 6 nitrogen and oxygen atoms in total. The van der Waals surface area contributed by atoms with Gasteiger partial charge in [0.15, 0.2) is 19.7 Å². The minimum absolute atomic E-state index is 0.102. The number of benzene rings is 2. The van der Waals surface area contributed by atoms with Crippen LogP contribution in [0.25, 0.3) is 0 Å². The van der Waals surface area contributed by atoms with Crippen LogP contribution >= 0.6 is 11.6 Å². The average Bonchev–Trinajstić information content (AvgIpc) is 2.61. The van der Waals surface area contributed by atoms with Gasteiger partial charge in [-0.05, 0) is 36.4 Å². The van der Waals surface area contributed by atoms with Crippen molar-refractivity contribution >= 4 is 37.2 Å². The predicted molar refractivity (Wildman–Crippen MR) is 99.6 cm³/mol. The smallest absolute Gasteiger partial charge is 0.221 e. The zero-order valence-electron chi connectivity index (χ0n) is 13.8. The van der Waals surface area contributed by atoms with Crippen molar-refractivity contribution in [3.05, 3.63) is 59.6 Å². The van der Waals surface area contributed by atoms with E-state index in [1.807, 2.05) is 0 Å². The molecule has 0 unspecified atom stereocenters. The van der Waals surface area contributed by atoms with Crippen LogP contribution in [0.1, 0.15) is 6.42 Å². The molecule has 9 heteroatoms. The maximum atomic E-state index is 12.1. The third kappa shape index (κ3) is 5.82. The lowest BCUT2D eigenvalue weighted by molar-refractivity contribution is -0.120. The van der Waals surface area contributed by atoms with Crippen LogP contribution in [-0.2, 0) is 24.5 Å². The molecule has 2 aromatic rings. The fourth-order valence-electron chi connectivity index (χ4n) is 2.15. The number of halogens is 1. The van der Waals surface area contributed by atoms with E-state index in [2.05, 4.69) is 5.32 Å². The molecule has 0 spiro atoms. The van der Waals surface area contributed by atoms with E-state index in [-0.39, 0.29) is 34.3 Å². The minimum atomic E-state index is -3.55. The summed E-state index contributed by atoms with van der Waals surface area (Å²) in [4.78, 5) is 12.1. The molecular formula is C17H18ClNO5S2. The second-order valence-corrected chi connectivity index (χ2v) is 10.2. The highest BCUT2D eigenvalue weighted by Gasteiger charge is 2.17. The lowest BCUT2D eigenvalue weighted by Gasteiger charge is -2.07. The lowest BCUT2D eigenvalue weighted by atomic mass is 10.4. The van der Waals surface area contributed by atoms with Crippen molar-refractivity contribution in [2.75, 3.05) is 18.1 Å². The average molecular weight is 416 g/mol. The summed E-state index contributed by atoms with van der Waals surface area (Å²) >= 11 is 5.72. The SMILES string of the molecule is O=C(CCS(=O)(=O)c1ccccc1)NCCS(=O)(=O)c1ccc(Cl)cc1. The summed E-state index contributed by atoms with van der Waals surface area (Å²) in [5.41, 5.74) is 0. The number of carbonyl (C=O) groups is 1. The molecular weight excluding hydrogens is 398 g/mol. The van der Waals surface area contributed by atoms with E-state index in [0.29, 0.717) is 5.02 Å². The Morgan fingerprint density at radius 3 is 1.96 bits per heavy atom. The first-order chi connectivity index (χ1) is 12.2. The van der Waals surface area contributed by atoms with Gasteiger partial charge in [0.05, 0.1) is 21.3 Å². The van der Waals surface area contributed by atoms with E-state index < -0.39 is 25.6 Å². The first kappa shape index (κ1) is 20.4. The summed E-state index contributed by atoms with van der Waals surface area (Å²) in [5, 5.41) is 2.86. The summed E-state index contributed by atoms with van der Waals surface area (Å²) in [5.74, 6) is -1.14. The third-order valence-corrected chi connectivity index (χ3v) is 7.28. The monoisotopic (exact) mass is 415 g/mol. The fourth-order valence-corrected chi connectivity index (χ4v) is 4.69. The van der Waals surface area contributed by atoms with Crippen LogP contribution in [0.3, 0.4) is 0 Å². The summed E-state index contributed by atoms with van der Waals surface area (Å²) < 4.78 is 48.5. The molecule has 140 valence electrons. The van der Waals surface area contributed by atoms with Crippen molar-refractivity contribution in [2.24, 2.45) is 0 Å². The maximum Gasteiger partial charge on any atom is 0.221 e. The van der Waals surface area contributed by atoms with Gasteiger partial charge < -0.3 is 5.32 Å². The van der Waals surface area contributed by atoms with E-state index >= 15 is 0 Å². The number of carbonyl (C=O) groups excluding carboxylic acids is 1. The molecule has 0 saturated heterocycles. The van der Waals surface area contributed by atoms with Crippen LogP contribution in [0, 0.1) is 0 Å². The fraction of sp³-hybridized carbons (Fsp3) is 0.235. The molecule has 0 aliphatic heterocycles. The Morgan fingerprint density at radius 1 is 0.808 bits per heavy atom. The molecule has 2 rings (SSSR count). The molecule has 0 fully saturated rings. The van der Waals surface area contributed by atoms with Gasteiger partial charge in [-0.25, -0.2) is 16.8 Å². The highest BCUT2D eigenvalue weighted by atomic mass is 35.5. The lowest BCUT2D eigenvalue weighted by Crippen LogP contribution is -2.30. The van der Waals surface area contributed by atoms with E-state index in [1.54, 1.807) is 18.2 Å². The molecule has 1 N–H and O–H groups in total. The normalized spacial score (nSPS) is 11.9. The van der Waals surface area contributed by atoms with Crippen LogP contribution in [0.5, 0.6) is 0 Å². The van der Waals surface area contributed by atoms with Crippen molar-refractivity contribution in [1.29, 1.82) is 0 Å². The number of nitrogens with one attached hydrogen (secondary N) is 1. The van der Waals surface area contributed by atoms with Crippen molar-refractivity contribution in [3.63, 3.8) is 0 Å². The summed E-state index contributed by atoms with van der Waals surface area (Å²) in [7, 11) is -7.10. The highest BCUT2D eigenvalue weighted by Crippen LogP contribution is 2.15. The Balaban J connectivity index is 1.83. The third-order valence-electron chi connectivity index (χ3n) is 3.57. The van der Waals surface area contributed by atoms with Crippen molar-refractivity contribution in [1.82, 2.24) is 5.32 Å². The Bertz CT molecular complexity index is 956. The molecule has 1 amide bonds. The molecule has 0 aliphatic rings. The van der Waals surface area contributed by atoms with Gasteiger partial charge in [-0.15, -0.1) is 0 Å². The second kappa shape index (κ2) is 8.66. The molecule has 0 aromatic heterocycles. The van der Waals surface area contributed by atoms with Crippen LogP contribution in [0.2, 0.25) is 5.02 Å². The van der Waals surface area contributed by atoms with Crippen LogP contribution in [0.15, 0.2) is 64.4 Å². The van der Waals surface area contributed by atoms with E-state index in [1.165, 1.54) is 36.4 Å². The van der Waals surface area contributed by atoms with E-state index in [0.717, 1.165) is 0 Å². The number of hydrogen-bond donors (Lipinski definition) is 1. The topological polar surface area (TPSA) is 97.4 Å². The molecule has 2 aromatic carbocycles. The summed E-state index contributed by atoms with van der Waals surface area (Å²) in [6, 6.07) is 13.6. The number of sulfone groups is 2. The molecule has 0 heterocycles. The van der Waals surface area contributed by atoms with Gasteiger partial charge in [-0.1, -0.05) is 29.8 Å². The van der Waals surface area contributed by atoms with Crippen LogP contribution < -0.4 is 5.32 Å². The molecule has 0 saturated carbocycles. The van der Waals surface area contributed by atoms with E-state index in [4.69, 9.17) is 11.6 Å². The molecule has 0 bridgehead atoms. The Kier molecular flexibility index (Phi) is 6.80.